The van der Waals surface area contributed by atoms with E-state index in [2.05, 4.69) is 249 Å². The van der Waals surface area contributed by atoms with Gasteiger partial charge < -0.3 is 51.5 Å². The molecule has 5 aliphatic rings. The van der Waals surface area contributed by atoms with Gasteiger partial charge in [0.15, 0.2) is 0 Å². The molecule has 0 amide bonds. The highest BCUT2D eigenvalue weighted by Crippen LogP contribution is 2.27. The van der Waals surface area contributed by atoms with Gasteiger partial charge in [0, 0.05) is 150 Å². The maximum Gasteiger partial charge on any atom is 0.0399 e. The van der Waals surface area contributed by atoms with E-state index in [1.165, 1.54) is 95.8 Å². The summed E-state index contributed by atoms with van der Waals surface area (Å²) in [6.07, 6.45) is 1.24. The Morgan fingerprint density at radius 1 is 0.351 bits per heavy atom. The first kappa shape index (κ1) is 65.1. The van der Waals surface area contributed by atoms with E-state index in [-0.39, 0.29) is 7.43 Å². The van der Waals surface area contributed by atoms with Crippen molar-refractivity contribution >= 4 is 38.7 Å². The third-order valence-electron chi connectivity index (χ3n) is 15.9. The zero-order chi connectivity index (χ0) is 55.1. The molecule has 6 N–H and O–H groups in total. The fourth-order valence-electron chi connectivity index (χ4n) is 10.4. The van der Waals surface area contributed by atoms with E-state index < -0.39 is 0 Å². The summed E-state index contributed by atoms with van der Waals surface area (Å²) in [4.78, 5) is 9.97. The van der Waals surface area contributed by atoms with Crippen LogP contribution in [0.25, 0.3) is 0 Å². The molecule has 0 spiro atoms. The van der Waals surface area contributed by atoms with Gasteiger partial charge in [-0.2, -0.15) is 0 Å². The van der Waals surface area contributed by atoms with Crippen LogP contribution in [-0.2, 0) is 0 Å². The van der Waals surface area contributed by atoms with Crippen LogP contribution in [0.3, 0.4) is 0 Å². The standard InChI is InChI=1S/4C13H20N2.C8H9Br.C5H12N2.CH4/c3*1-10-5-4-6-13(12(10)3)15-8-7-14-11(2)9-15;1-11-5-3-6-13(12(11)2)15-9-4-7-14-8-10-15;1-6-4-3-5-8(9)7(6)2;1-5-4-6-2-3-7-5;/h3*4-6,11,14H,7-9H2,1-3H3;3,5-6,14H,4,7-10H2,1-2H3;3-5H,1-2H3;5-7H,2-4H2,1H3;1H4/t2*11-;;;;;/m10...../s1. The molecule has 10 nitrogen and oxygen atoms in total. The highest BCUT2D eigenvalue weighted by atomic mass is 79.9. The van der Waals surface area contributed by atoms with E-state index in [1.807, 2.05) is 6.07 Å². The molecule has 77 heavy (non-hydrogen) atoms. The Balaban J connectivity index is 0.000000202. The number of anilines is 4. The molecular formula is C66H105BrN10. The Morgan fingerprint density at radius 2 is 0.688 bits per heavy atom. The minimum Gasteiger partial charge on any atom is -0.370 e. The lowest BCUT2D eigenvalue weighted by Gasteiger charge is -2.34. The molecule has 5 heterocycles. The highest BCUT2D eigenvalue weighted by Gasteiger charge is 2.20. The zero-order valence-electron chi connectivity index (χ0n) is 49.7. The second-order valence-corrected chi connectivity index (χ2v) is 23.0. The summed E-state index contributed by atoms with van der Waals surface area (Å²) in [6, 6.07) is 35.0. The molecule has 11 heteroatoms. The van der Waals surface area contributed by atoms with E-state index in [9.17, 15) is 0 Å². The fourth-order valence-corrected chi connectivity index (χ4v) is 10.8. The summed E-state index contributed by atoms with van der Waals surface area (Å²) < 4.78 is 1.20. The SMILES string of the molecule is C.CC1CNCCN1.Cc1cccc(Br)c1C.Cc1cccc(N2CCCNCC2)c1C.Cc1cccc(N2CCNC(C)C2)c1C.Cc1cccc(N2CCN[C@@H](C)C2)c1C.Cc1cccc(N2CCN[C@H](C)C2)c1C. The summed E-state index contributed by atoms with van der Waals surface area (Å²) >= 11 is 3.45. The van der Waals surface area contributed by atoms with E-state index in [1.54, 1.807) is 0 Å². The maximum absolute atomic E-state index is 3.47. The Morgan fingerprint density at radius 3 is 1.00 bits per heavy atom. The summed E-state index contributed by atoms with van der Waals surface area (Å²) in [5, 5.41) is 20.5. The van der Waals surface area contributed by atoms with Crippen LogP contribution in [0.2, 0.25) is 0 Å². The van der Waals surface area contributed by atoms with Gasteiger partial charge in [-0.05, 0) is 196 Å². The summed E-state index contributed by atoms with van der Waals surface area (Å²) in [7, 11) is 0. The second-order valence-electron chi connectivity index (χ2n) is 22.1. The number of nitrogens with one attached hydrogen (secondary N) is 6. The van der Waals surface area contributed by atoms with E-state index in [0.29, 0.717) is 24.2 Å². The van der Waals surface area contributed by atoms with Gasteiger partial charge in [-0.1, -0.05) is 84.0 Å². The molecular weight excluding hydrogens is 1010 g/mol. The smallest absolute Gasteiger partial charge is 0.0399 e. The number of hydrogen-bond acceptors (Lipinski definition) is 10. The van der Waals surface area contributed by atoms with Crippen LogP contribution in [0, 0.1) is 69.2 Å². The third kappa shape index (κ3) is 20.9. The van der Waals surface area contributed by atoms with Gasteiger partial charge in [0.25, 0.3) is 0 Å². The molecule has 0 aliphatic carbocycles. The lowest BCUT2D eigenvalue weighted by Crippen LogP contribution is -2.49. The maximum atomic E-state index is 3.47. The van der Waals surface area contributed by atoms with Crippen molar-refractivity contribution in [3.8, 4) is 0 Å². The van der Waals surface area contributed by atoms with Crippen molar-refractivity contribution in [3.05, 3.63) is 151 Å². The molecule has 5 aliphatic heterocycles. The van der Waals surface area contributed by atoms with Crippen LogP contribution in [0.4, 0.5) is 22.7 Å². The van der Waals surface area contributed by atoms with Gasteiger partial charge in [0.1, 0.15) is 0 Å². The topological polar surface area (TPSA) is 85.1 Å². The number of halogens is 1. The molecule has 10 rings (SSSR count). The quantitative estimate of drug-likeness (QED) is 0.105. The number of piperazine rings is 4. The van der Waals surface area contributed by atoms with Crippen LogP contribution < -0.4 is 51.5 Å². The monoisotopic (exact) mass is 1120 g/mol. The van der Waals surface area contributed by atoms with Crippen LogP contribution in [0.5, 0.6) is 0 Å². The first-order valence-electron chi connectivity index (χ1n) is 28.8. The highest BCUT2D eigenvalue weighted by molar-refractivity contribution is 9.10. The molecule has 0 bridgehead atoms. The Hall–Kier alpha value is -4.46. The lowest BCUT2D eigenvalue weighted by atomic mass is 10.1. The Bertz CT molecular complexity index is 2210. The molecule has 0 radical (unpaired) electrons. The summed E-state index contributed by atoms with van der Waals surface area (Å²) in [6.45, 7) is 48.7. The van der Waals surface area contributed by atoms with Crippen molar-refractivity contribution in [2.75, 3.05) is 124 Å². The van der Waals surface area contributed by atoms with Crippen molar-refractivity contribution in [1.29, 1.82) is 0 Å². The molecule has 426 valence electrons. The van der Waals surface area contributed by atoms with Gasteiger partial charge in [0.2, 0.25) is 0 Å². The van der Waals surface area contributed by atoms with E-state index in [4.69, 9.17) is 0 Å². The number of hydrogen-bond donors (Lipinski definition) is 6. The summed E-state index contributed by atoms with van der Waals surface area (Å²) in [5.41, 5.74) is 19.6. The van der Waals surface area contributed by atoms with Gasteiger partial charge in [-0.15, -0.1) is 0 Å². The van der Waals surface area contributed by atoms with E-state index >= 15 is 0 Å². The van der Waals surface area contributed by atoms with Gasteiger partial charge in [-0.25, -0.2) is 0 Å². The third-order valence-corrected chi connectivity index (χ3v) is 16.8. The number of nitrogens with zero attached hydrogens (tertiary/aromatic N) is 4. The van der Waals surface area contributed by atoms with E-state index in [0.717, 1.165) is 98.2 Å². The second kappa shape index (κ2) is 33.9. The number of benzene rings is 5. The fraction of sp³-hybridized carbons (Fsp3) is 0.545. The Kier molecular flexibility index (Phi) is 28.6. The van der Waals surface area contributed by atoms with Gasteiger partial charge >= 0.3 is 0 Å². The first-order valence-corrected chi connectivity index (χ1v) is 29.6. The van der Waals surface area contributed by atoms with Crippen LogP contribution in [-0.4, -0.2) is 129 Å². The van der Waals surface area contributed by atoms with Crippen molar-refractivity contribution < 1.29 is 0 Å². The van der Waals surface area contributed by atoms with Crippen LogP contribution >= 0.6 is 15.9 Å². The minimum absolute atomic E-state index is 0. The zero-order valence-corrected chi connectivity index (χ0v) is 51.2. The van der Waals surface area contributed by atoms with Crippen molar-refractivity contribution in [1.82, 2.24) is 31.9 Å². The molecule has 5 fully saturated rings. The Labute approximate surface area is 478 Å². The largest absolute Gasteiger partial charge is 0.370 e. The van der Waals surface area contributed by atoms with Crippen molar-refractivity contribution in [2.45, 2.75) is 135 Å². The lowest BCUT2D eigenvalue weighted by molar-refractivity contribution is 0.442. The van der Waals surface area contributed by atoms with Crippen LogP contribution in [0.15, 0.2) is 95.5 Å². The van der Waals surface area contributed by atoms with Crippen molar-refractivity contribution in [2.24, 2.45) is 0 Å². The molecule has 0 saturated carbocycles. The minimum atomic E-state index is 0. The normalized spacial score (nSPS) is 20.3. The predicted octanol–water partition coefficient (Wildman–Crippen LogP) is 11.7. The van der Waals surface area contributed by atoms with Crippen LogP contribution in [0.1, 0.15) is 97.2 Å². The molecule has 5 saturated heterocycles. The summed E-state index contributed by atoms with van der Waals surface area (Å²) in [5.74, 6) is 0. The average Bonchev–Trinajstić information content (AvgIpc) is 3.70. The first-order chi connectivity index (χ1) is 36.4. The number of aryl methyl sites for hydroxylation is 5. The van der Waals surface area contributed by atoms with Gasteiger partial charge in [0.05, 0.1) is 0 Å². The molecule has 5 aromatic rings. The number of rotatable bonds is 4. The molecule has 5 aromatic carbocycles. The molecule has 0 aromatic heterocycles. The molecule has 2 unspecified atom stereocenters. The average molecular weight is 1120 g/mol. The molecule has 4 atom stereocenters. The predicted molar refractivity (Wildman–Crippen MR) is 343 cm³/mol. The van der Waals surface area contributed by atoms with Crippen molar-refractivity contribution in [3.63, 3.8) is 0 Å². The van der Waals surface area contributed by atoms with Gasteiger partial charge in [-0.3, -0.25) is 0 Å².